The van der Waals surface area contributed by atoms with Gasteiger partial charge in [-0.3, -0.25) is 0 Å². The van der Waals surface area contributed by atoms with Crippen LogP contribution in [0.2, 0.25) is 0 Å². The molecule has 2 heteroatoms. The first-order valence-corrected chi connectivity index (χ1v) is 18.1. The van der Waals surface area contributed by atoms with E-state index in [0.29, 0.717) is 0 Å². The van der Waals surface area contributed by atoms with Crippen LogP contribution in [0.1, 0.15) is 37.3 Å². The molecule has 0 spiro atoms. The quantitative estimate of drug-likeness (QED) is 0.155. The Morgan fingerprint density at radius 3 is 2.14 bits per heavy atom. The molecule has 6 aromatic carbocycles. The van der Waals surface area contributed by atoms with Crippen LogP contribution in [-0.2, 0) is 0 Å². The zero-order valence-corrected chi connectivity index (χ0v) is 29.1. The molecule has 0 N–H and O–H groups in total. The number of hydrogen-bond acceptors (Lipinski definition) is 1. The predicted molar refractivity (Wildman–Crippen MR) is 218 cm³/mol. The van der Waals surface area contributed by atoms with Crippen molar-refractivity contribution in [3.63, 3.8) is 0 Å². The summed E-state index contributed by atoms with van der Waals surface area (Å²) in [6.45, 7) is 4.31. The van der Waals surface area contributed by atoms with Crippen molar-refractivity contribution in [2.24, 2.45) is 0 Å². The molecule has 7 aromatic rings. The summed E-state index contributed by atoms with van der Waals surface area (Å²) in [4.78, 5) is 2.57. The van der Waals surface area contributed by atoms with Crippen LogP contribution >= 0.6 is 0 Å². The largest absolute Gasteiger partial charge is 0.333 e. The van der Waals surface area contributed by atoms with E-state index in [1.807, 2.05) is 0 Å². The first-order valence-electron chi connectivity index (χ1n) is 18.1. The van der Waals surface area contributed by atoms with Gasteiger partial charge >= 0.3 is 0 Å². The SMILES string of the molecule is C/C=C(\C=C/CC)c1ccc2c(c1)c1ccccc1n2-c1ccccc1-c1ccccc1N1c2ccc(-c3ccccc3)cc2C2C=CC=CC21. The number of hydrogen-bond donors (Lipinski definition) is 0. The van der Waals surface area contributed by atoms with E-state index in [1.165, 1.54) is 77.8 Å². The van der Waals surface area contributed by atoms with Crippen molar-refractivity contribution < 1.29 is 0 Å². The van der Waals surface area contributed by atoms with Gasteiger partial charge in [-0.05, 0) is 83.6 Å². The molecule has 1 aliphatic heterocycles. The number of rotatable bonds is 7. The van der Waals surface area contributed by atoms with Crippen LogP contribution in [-0.4, -0.2) is 10.6 Å². The molecule has 51 heavy (non-hydrogen) atoms. The van der Waals surface area contributed by atoms with E-state index in [-0.39, 0.29) is 12.0 Å². The summed E-state index contributed by atoms with van der Waals surface area (Å²) >= 11 is 0. The molecular formula is C49H40N2. The van der Waals surface area contributed by atoms with Crippen molar-refractivity contribution in [2.75, 3.05) is 4.90 Å². The predicted octanol–water partition coefficient (Wildman–Crippen LogP) is 13.2. The fourth-order valence-electron chi connectivity index (χ4n) is 8.26. The highest BCUT2D eigenvalue weighted by molar-refractivity contribution is 6.11. The van der Waals surface area contributed by atoms with Crippen LogP contribution < -0.4 is 4.90 Å². The van der Waals surface area contributed by atoms with Gasteiger partial charge in [-0.2, -0.15) is 0 Å². The number of para-hydroxylation sites is 3. The fraction of sp³-hybridized carbons (Fsp3) is 0.102. The van der Waals surface area contributed by atoms with E-state index in [4.69, 9.17) is 0 Å². The Kier molecular flexibility index (Phi) is 7.86. The molecule has 9 rings (SSSR count). The smallest absolute Gasteiger partial charge is 0.0629 e. The topological polar surface area (TPSA) is 8.17 Å². The number of nitrogens with zero attached hydrogens (tertiary/aromatic N) is 2. The Bertz CT molecular complexity index is 2540. The van der Waals surface area contributed by atoms with Crippen LogP contribution in [0, 0.1) is 0 Å². The maximum atomic E-state index is 2.57. The van der Waals surface area contributed by atoms with Crippen molar-refractivity contribution >= 4 is 38.8 Å². The summed E-state index contributed by atoms with van der Waals surface area (Å²) in [6.07, 6.45) is 16.9. The van der Waals surface area contributed by atoms with Gasteiger partial charge in [0.15, 0.2) is 0 Å². The van der Waals surface area contributed by atoms with Gasteiger partial charge in [-0.1, -0.05) is 147 Å². The van der Waals surface area contributed by atoms with Crippen molar-refractivity contribution in [3.8, 4) is 27.9 Å². The minimum atomic E-state index is 0.193. The molecule has 2 heterocycles. The molecule has 1 aliphatic carbocycles. The summed E-state index contributed by atoms with van der Waals surface area (Å²) in [6, 6.07) is 51.6. The first-order chi connectivity index (χ1) is 25.2. The summed E-state index contributed by atoms with van der Waals surface area (Å²) in [5, 5.41) is 2.53. The maximum Gasteiger partial charge on any atom is 0.0629 e. The summed E-state index contributed by atoms with van der Waals surface area (Å²) < 4.78 is 2.47. The lowest BCUT2D eigenvalue weighted by Crippen LogP contribution is -2.28. The Labute approximate surface area is 300 Å². The van der Waals surface area contributed by atoms with E-state index >= 15 is 0 Å². The molecule has 246 valence electrons. The van der Waals surface area contributed by atoms with Crippen LogP contribution in [0.3, 0.4) is 0 Å². The van der Waals surface area contributed by atoms with E-state index < -0.39 is 0 Å². The Hall–Kier alpha value is -6.12. The lowest BCUT2D eigenvalue weighted by molar-refractivity contribution is 0.745. The second-order valence-corrected chi connectivity index (χ2v) is 13.5. The normalized spacial score (nSPS) is 16.7. The van der Waals surface area contributed by atoms with Gasteiger partial charge in [0.25, 0.3) is 0 Å². The Morgan fingerprint density at radius 2 is 1.31 bits per heavy atom. The molecule has 2 unspecified atom stereocenters. The van der Waals surface area contributed by atoms with Crippen LogP contribution in [0.5, 0.6) is 0 Å². The zero-order chi connectivity index (χ0) is 34.3. The number of anilines is 2. The number of allylic oxidation sites excluding steroid dienone is 6. The lowest BCUT2D eigenvalue weighted by Gasteiger charge is -2.31. The van der Waals surface area contributed by atoms with Gasteiger partial charge in [0.1, 0.15) is 0 Å². The fourth-order valence-corrected chi connectivity index (χ4v) is 8.26. The third kappa shape index (κ3) is 5.18. The number of fused-ring (bicyclic) bond motifs is 6. The molecule has 0 amide bonds. The summed E-state index contributed by atoms with van der Waals surface area (Å²) in [5.74, 6) is 0.276. The third-order valence-corrected chi connectivity index (χ3v) is 10.6. The lowest BCUT2D eigenvalue weighted by atomic mass is 9.89. The molecule has 1 aromatic heterocycles. The zero-order valence-electron chi connectivity index (χ0n) is 29.1. The van der Waals surface area contributed by atoms with E-state index in [1.54, 1.807) is 0 Å². The Morgan fingerprint density at radius 1 is 0.608 bits per heavy atom. The van der Waals surface area contributed by atoms with Crippen LogP contribution in [0.15, 0.2) is 182 Å². The Balaban J connectivity index is 1.22. The average molecular weight is 657 g/mol. The van der Waals surface area contributed by atoms with Gasteiger partial charge in [0.2, 0.25) is 0 Å². The molecular weight excluding hydrogens is 617 g/mol. The van der Waals surface area contributed by atoms with E-state index in [2.05, 4.69) is 205 Å². The number of benzene rings is 6. The highest BCUT2D eigenvalue weighted by Crippen LogP contribution is 2.51. The average Bonchev–Trinajstić information content (AvgIpc) is 3.71. The molecule has 0 radical (unpaired) electrons. The van der Waals surface area contributed by atoms with Gasteiger partial charge in [-0.25, -0.2) is 0 Å². The second kappa shape index (κ2) is 13.0. The van der Waals surface area contributed by atoms with Gasteiger partial charge in [0.05, 0.1) is 22.8 Å². The van der Waals surface area contributed by atoms with Crippen LogP contribution in [0.25, 0.3) is 55.3 Å². The minimum Gasteiger partial charge on any atom is -0.333 e. The molecule has 0 fully saturated rings. The van der Waals surface area contributed by atoms with Gasteiger partial charge in [0, 0.05) is 39.2 Å². The first kappa shape index (κ1) is 30.9. The molecule has 2 nitrogen and oxygen atoms in total. The van der Waals surface area contributed by atoms with Crippen molar-refractivity contribution in [2.45, 2.75) is 32.2 Å². The minimum absolute atomic E-state index is 0.193. The summed E-state index contributed by atoms with van der Waals surface area (Å²) in [5.41, 5.74) is 14.9. The maximum absolute atomic E-state index is 2.57. The summed E-state index contributed by atoms with van der Waals surface area (Å²) in [7, 11) is 0. The molecule has 0 saturated carbocycles. The third-order valence-electron chi connectivity index (χ3n) is 10.6. The van der Waals surface area contributed by atoms with Crippen molar-refractivity contribution in [1.29, 1.82) is 0 Å². The molecule has 0 bridgehead atoms. The van der Waals surface area contributed by atoms with Crippen molar-refractivity contribution in [1.82, 2.24) is 4.57 Å². The highest BCUT2D eigenvalue weighted by atomic mass is 15.2. The van der Waals surface area contributed by atoms with Crippen molar-refractivity contribution in [3.05, 3.63) is 193 Å². The van der Waals surface area contributed by atoms with Gasteiger partial charge < -0.3 is 9.47 Å². The standard InChI is InChI=1S/C49H40N2/c1-3-5-17-34(4-2)36-28-30-48-42(32-36)40-22-11-15-26-46(40)50(48)44-24-13-9-20-38(44)39-21-10-14-25-45(39)51-47-27-16-12-23-41(47)43-33-37(29-31-49(43)51)35-18-7-6-8-19-35/h4-33,41,47H,3H2,1-2H3/b17-5-,34-4+. The molecule has 0 saturated heterocycles. The van der Waals surface area contributed by atoms with E-state index in [9.17, 15) is 0 Å². The van der Waals surface area contributed by atoms with Crippen LogP contribution in [0.4, 0.5) is 11.4 Å². The number of aromatic nitrogens is 1. The highest BCUT2D eigenvalue weighted by Gasteiger charge is 2.38. The second-order valence-electron chi connectivity index (χ2n) is 13.5. The van der Waals surface area contributed by atoms with Gasteiger partial charge in [-0.15, -0.1) is 0 Å². The molecule has 2 atom stereocenters. The molecule has 2 aliphatic rings. The monoisotopic (exact) mass is 656 g/mol. The van der Waals surface area contributed by atoms with E-state index in [0.717, 1.165) is 6.42 Å².